The van der Waals surface area contributed by atoms with E-state index in [0.29, 0.717) is 24.6 Å². The van der Waals surface area contributed by atoms with Crippen LogP contribution in [0.15, 0.2) is 36.5 Å². The number of nitrogens with one attached hydrogen (secondary N) is 1. The van der Waals surface area contributed by atoms with Crippen LogP contribution in [0.1, 0.15) is 50.7 Å². The van der Waals surface area contributed by atoms with E-state index in [1.54, 1.807) is 26.1 Å². The van der Waals surface area contributed by atoms with Gasteiger partial charge in [-0.1, -0.05) is 24.3 Å². The van der Waals surface area contributed by atoms with Crippen LogP contribution in [0.4, 0.5) is 11.8 Å². The monoisotopic (exact) mass is 396 g/mol. The highest BCUT2D eigenvalue weighted by Gasteiger charge is 2.29. The van der Waals surface area contributed by atoms with Crippen molar-refractivity contribution in [1.82, 2.24) is 9.97 Å². The third kappa shape index (κ3) is 5.31. The molecule has 154 valence electrons. The number of nitrogens with zero attached hydrogens (tertiary/aromatic N) is 3. The summed E-state index contributed by atoms with van der Waals surface area (Å²) in [6.45, 7) is 5.26. The second kappa shape index (κ2) is 9.03. The first-order valence-electron chi connectivity index (χ1n) is 10.1. The quantitative estimate of drug-likeness (QED) is 0.745. The smallest absolute Gasteiger partial charge is 0.313 e. The number of hydrogen-bond acceptors (Lipinski definition) is 5. The first kappa shape index (κ1) is 20.8. The van der Waals surface area contributed by atoms with Crippen LogP contribution in [0, 0.1) is 0 Å². The Kier molecular flexibility index (Phi) is 6.46. The van der Waals surface area contributed by atoms with Crippen molar-refractivity contribution in [3.8, 4) is 0 Å². The van der Waals surface area contributed by atoms with Crippen LogP contribution < -0.4 is 10.2 Å². The normalized spacial score (nSPS) is 14.5. The standard InChI is InChI=1S/C22H28N4O3/c1-22(2,20(28)29)17-9-6-16(7-10-17)8-11-19(27)24-18-12-13-23-21(25-18)26-14-4-3-5-15-26/h6-7,9-10,12-13H,3-5,8,11,14-15H2,1-2H3,(H,28,29)(H,23,24,25,27). The fourth-order valence-electron chi connectivity index (χ4n) is 3.34. The lowest BCUT2D eigenvalue weighted by molar-refractivity contribution is -0.142. The van der Waals surface area contributed by atoms with Crippen molar-refractivity contribution in [3.05, 3.63) is 47.7 Å². The molecule has 2 aromatic rings. The Morgan fingerprint density at radius 1 is 1.10 bits per heavy atom. The summed E-state index contributed by atoms with van der Waals surface area (Å²) in [7, 11) is 0. The van der Waals surface area contributed by atoms with E-state index in [0.717, 1.165) is 37.1 Å². The van der Waals surface area contributed by atoms with Gasteiger partial charge < -0.3 is 15.3 Å². The molecule has 1 aromatic heterocycles. The van der Waals surface area contributed by atoms with Gasteiger partial charge in [-0.2, -0.15) is 4.98 Å². The highest BCUT2D eigenvalue weighted by Crippen LogP contribution is 2.24. The number of carboxylic acids is 1. The molecule has 0 aliphatic carbocycles. The molecule has 2 heterocycles. The lowest BCUT2D eigenvalue weighted by Gasteiger charge is -2.26. The van der Waals surface area contributed by atoms with E-state index in [-0.39, 0.29) is 5.91 Å². The van der Waals surface area contributed by atoms with Gasteiger partial charge in [0.1, 0.15) is 5.82 Å². The first-order chi connectivity index (χ1) is 13.9. The van der Waals surface area contributed by atoms with Crippen molar-refractivity contribution >= 4 is 23.6 Å². The first-order valence-corrected chi connectivity index (χ1v) is 10.1. The molecule has 1 aliphatic rings. The van der Waals surface area contributed by atoms with E-state index < -0.39 is 11.4 Å². The average molecular weight is 396 g/mol. The Labute approximate surface area is 171 Å². The molecule has 1 aliphatic heterocycles. The Bertz CT molecular complexity index is 859. The van der Waals surface area contributed by atoms with E-state index in [2.05, 4.69) is 20.2 Å². The van der Waals surface area contributed by atoms with E-state index in [1.165, 1.54) is 6.42 Å². The van der Waals surface area contributed by atoms with Gasteiger partial charge in [-0.3, -0.25) is 9.59 Å². The largest absolute Gasteiger partial charge is 0.481 e. The number of piperidine rings is 1. The summed E-state index contributed by atoms with van der Waals surface area (Å²) in [4.78, 5) is 34.6. The molecular weight excluding hydrogens is 368 g/mol. The third-order valence-corrected chi connectivity index (χ3v) is 5.40. The zero-order valence-corrected chi connectivity index (χ0v) is 17.0. The fraction of sp³-hybridized carbons (Fsp3) is 0.455. The molecule has 0 atom stereocenters. The zero-order valence-electron chi connectivity index (χ0n) is 17.0. The molecule has 0 spiro atoms. The summed E-state index contributed by atoms with van der Waals surface area (Å²) in [5.41, 5.74) is 0.792. The minimum Gasteiger partial charge on any atom is -0.481 e. The van der Waals surface area contributed by atoms with Crippen LogP contribution in [0.25, 0.3) is 0 Å². The van der Waals surface area contributed by atoms with E-state index in [4.69, 9.17) is 0 Å². The van der Waals surface area contributed by atoms with Crippen LogP contribution >= 0.6 is 0 Å². The number of carbonyl (C=O) groups is 2. The Hall–Kier alpha value is -2.96. The average Bonchev–Trinajstić information content (AvgIpc) is 2.73. The molecule has 0 unspecified atom stereocenters. The SMILES string of the molecule is CC(C)(C(=O)O)c1ccc(CCC(=O)Nc2ccnc(N3CCCCC3)n2)cc1. The maximum atomic E-state index is 12.3. The van der Waals surface area contributed by atoms with Crippen LogP contribution in [-0.2, 0) is 21.4 Å². The molecular formula is C22H28N4O3. The van der Waals surface area contributed by atoms with E-state index in [1.807, 2.05) is 24.3 Å². The van der Waals surface area contributed by atoms with Gasteiger partial charge in [0.2, 0.25) is 11.9 Å². The van der Waals surface area contributed by atoms with Gasteiger partial charge in [-0.05, 0) is 56.7 Å². The highest BCUT2D eigenvalue weighted by atomic mass is 16.4. The predicted molar refractivity (Wildman–Crippen MR) is 112 cm³/mol. The topological polar surface area (TPSA) is 95.4 Å². The Morgan fingerprint density at radius 2 is 1.79 bits per heavy atom. The molecule has 0 radical (unpaired) electrons. The third-order valence-electron chi connectivity index (χ3n) is 5.40. The molecule has 7 heteroatoms. The number of aliphatic carboxylic acids is 1. The molecule has 0 bridgehead atoms. The lowest BCUT2D eigenvalue weighted by atomic mass is 9.84. The van der Waals surface area contributed by atoms with Gasteiger partial charge in [0.05, 0.1) is 5.41 Å². The second-order valence-electron chi connectivity index (χ2n) is 7.96. The number of hydrogen-bond donors (Lipinski definition) is 2. The van der Waals surface area contributed by atoms with Gasteiger partial charge in [0.25, 0.3) is 0 Å². The molecule has 1 amide bonds. The van der Waals surface area contributed by atoms with Gasteiger partial charge in [0, 0.05) is 25.7 Å². The number of carbonyl (C=O) groups excluding carboxylic acids is 1. The second-order valence-corrected chi connectivity index (χ2v) is 7.96. The number of aryl methyl sites for hydroxylation is 1. The van der Waals surface area contributed by atoms with Gasteiger partial charge in [-0.15, -0.1) is 0 Å². The summed E-state index contributed by atoms with van der Waals surface area (Å²) < 4.78 is 0. The van der Waals surface area contributed by atoms with E-state index >= 15 is 0 Å². The molecule has 3 rings (SSSR count). The van der Waals surface area contributed by atoms with Crippen molar-refractivity contribution in [1.29, 1.82) is 0 Å². The summed E-state index contributed by atoms with van der Waals surface area (Å²) in [5, 5.41) is 12.2. The molecule has 0 saturated carbocycles. The molecule has 7 nitrogen and oxygen atoms in total. The molecule has 29 heavy (non-hydrogen) atoms. The number of rotatable bonds is 7. The molecule has 2 N–H and O–H groups in total. The number of amides is 1. The maximum absolute atomic E-state index is 12.3. The van der Waals surface area contributed by atoms with Crippen molar-refractivity contribution < 1.29 is 14.7 Å². The number of benzene rings is 1. The van der Waals surface area contributed by atoms with Gasteiger partial charge in [0.15, 0.2) is 0 Å². The minimum absolute atomic E-state index is 0.108. The number of carboxylic acid groups (broad SMARTS) is 1. The van der Waals surface area contributed by atoms with Gasteiger partial charge in [-0.25, -0.2) is 4.98 Å². The van der Waals surface area contributed by atoms with Crippen molar-refractivity contribution in [3.63, 3.8) is 0 Å². The van der Waals surface area contributed by atoms with Crippen LogP contribution in [0.5, 0.6) is 0 Å². The van der Waals surface area contributed by atoms with Crippen molar-refractivity contribution in [2.45, 2.75) is 51.4 Å². The van der Waals surface area contributed by atoms with Gasteiger partial charge >= 0.3 is 5.97 Å². The summed E-state index contributed by atoms with van der Waals surface area (Å²) >= 11 is 0. The predicted octanol–water partition coefficient (Wildman–Crippen LogP) is 3.40. The summed E-state index contributed by atoms with van der Waals surface area (Å²) in [5.74, 6) is 0.213. The number of anilines is 2. The van der Waals surface area contributed by atoms with Crippen LogP contribution in [-0.4, -0.2) is 40.0 Å². The van der Waals surface area contributed by atoms with Crippen molar-refractivity contribution in [2.75, 3.05) is 23.3 Å². The zero-order chi connectivity index (χ0) is 20.9. The molecule has 1 saturated heterocycles. The minimum atomic E-state index is -0.936. The van der Waals surface area contributed by atoms with Crippen LogP contribution in [0.3, 0.4) is 0 Å². The number of aromatic nitrogens is 2. The lowest BCUT2D eigenvalue weighted by Crippen LogP contribution is -2.31. The molecule has 1 fully saturated rings. The fourth-order valence-corrected chi connectivity index (χ4v) is 3.34. The van der Waals surface area contributed by atoms with Crippen LogP contribution in [0.2, 0.25) is 0 Å². The highest BCUT2D eigenvalue weighted by molar-refractivity contribution is 5.90. The molecule has 1 aromatic carbocycles. The summed E-state index contributed by atoms with van der Waals surface area (Å²) in [6.07, 6.45) is 6.09. The maximum Gasteiger partial charge on any atom is 0.313 e. The van der Waals surface area contributed by atoms with E-state index in [9.17, 15) is 14.7 Å². The Balaban J connectivity index is 1.54. The van der Waals surface area contributed by atoms with Crippen molar-refractivity contribution in [2.24, 2.45) is 0 Å². The Morgan fingerprint density at radius 3 is 2.45 bits per heavy atom. The summed E-state index contributed by atoms with van der Waals surface area (Å²) in [6, 6.07) is 9.10.